The predicted octanol–water partition coefficient (Wildman–Crippen LogP) is 6.11. The largest absolute Gasteiger partial charge is 0.461 e. The molecule has 0 aliphatic rings. The summed E-state index contributed by atoms with van der Waals surface area (Å²) in [5.41, 5.74) is 0. The van der Waals surface area contributed by atoms with Crippen LogP contribution in [0.5, 0.6) is 0 Å². The Bertz CT molecular complexity index is 310. The summed E-state index contributed by atoms with van der Waals surface area (Å²) in [4.78, 5) is 11.9. The fourth-order valence-corrected chi connectivity index (χ4v) is 2.91. The third-order valence-corrected chi connectivity index (χ3v) is 5.25. The Hall–Kier alpha value is -0.570. The van der Waals surface area contributed by atoms with Crippen LogP contribution in [0.4, 0.5) is 0 Å². The Morgan fingerprint density at radius 1 is 0.720 bits per heavy atom. The van der Waals surface area contributed by atoms with Crippen molar-refractivity contribution < 1.29 is 14.0 Å². The first kappa shape index (κ1) is 24.4. The van der Waals surface area contributed by atoms with Crippen LogP contribution in [0.25, 0.3) is 0 Å². The van der Waals surface area contributed by atoms with E-state index in [-0.39, 0.29) is 12.0 Å². The summed E-state index contributed by atoms with van der Waals surface area (Å²) in [5.74, 6) is -0.0674. The van der Waals surface area contributed by atoms with Gasteiger partial charge in [0.2, 0.25) is 0 Å². The van der Waals surface area contributed by atoms with E-state index < -0.39 is 0 Å². The molecule has 0 fully saturated rings. The van der Waals surface area contributed by atoms with Gasteiger partial charge in [-0.3, -0.25) is 0 Å². The van der Waals surface area contributed by atoms with Gasteiger partial charge in [-0.25, -0.2) is 4.79 Å². The van der Waals surface area contributed by atoms with E-state index in [9.17, 15) is 4.79 Å². The van der Waals surface area contributed by atoms with Gasteiger partial charge >= 0.3 is 5.97 Å². The average molecular weight is 357 g/mol. The van der Waals surface area contributed by atoms with Gasteiger partial charge in [-0.2, -0.15) is 0 Å². The van der Waals surface area contributed by atoms with E-state index in [1.807, 2.05) is 28.1 Å². The number of rotatable bonds is 17. The molecule has 0 aliphatic carbocycles. The van der Waals surface area contributed by atoms with Crippen LogP contribution in [-0.4, -0.2) is 44.2 Å². The minimum Gasteiger partial charge on any atom is -0.461 e. The molecule has 0 aromatic carbocycles. The third kappa shape index (κ3) is 15.4. The Morgan fingerprint density at radius 2 is 1.08 bits per heavy atom. The maximum atomic E-state index is 11.9. The number of carbonyl (C=O) groups excluding carboxylic acids is 1. The van der Waals surface area contributed by atoms with E-state index in [2.05, 4.69) is 6.92 Å². The lowest BCUT2D eigenvalue weighted by atomic mass is 10.0. The Kier molecular flexibility index (Phi) is 15.3. The number of hydrogen-bond acceptors (Lipinski definition) is 2. The monoisotopic (exact) mass is 356 g/mol. The van der Waals surface area contributed by atoms with Crippen LogP contribution in [0.3, 0.4) is 0 Å². The van der Waals surface area contributed by atoms with Crippen LogP contribution in [0.2, 0.25) is 0 Å². The van der Waals surface area contributed by atoms with Gasteiger partial charge in [0.1, 0.15) is 0 Å². The van der Waals surface area contributed by atoms with Gasteiger partial charge in [0.05, 0.1) is 27.7 Å². The second-order valence-corrected chi connectivity index (χ2v) is 8.56. The quantitative estimate of drug-likeness (QED) is 0.179. The summed E-state index contributed by atoms with van der Waals surface area (Å²) >= 11 is 0. The molecule has 150 valence electrons. The number of ether oxygens (including phenoxy) is 1. The molecule has 0 rings (SSSR count). The van der Waals surface area contributed by atoms with E-state index in [1.165, 1.54) is 83.5 Å². The molecule has 3 nitrogen and oxygen atoms in total. The smallest absolute Gasteiger partial charge is 0.364 e. The first-order valence-corrected chi connectivity index (χ1v) is 10.9. The summed E-state index contributed by atoms with van der Waals surface area (Å²) in [7, 11) is 6.08. The van der Waals surface area contributed by atoms with Crippen LogP contribution < -0.4 is 0 Å². The highest BCUT2D eigenvalue weighted by atomic mass is 16.5. The van der Waals surface area contributed by atoms with E-state index in [0.29, 0.717) is 11.1 Å². The molecule has 0 aliphatic heterocycles. The Balaban J connectivity index is 3.25. The zero-order valence-electron chi connectivity index (χ0n) is 17.9. The highest BCUT2D eigenvalue weighted by molar-refractivity contribution is 5.73. The van der Waals surface area contributed by atoms with Gasteiger partial charge in [0.15, 0.2) is 6.04 Å². The topological polar surface area (TPSA) is 26.3 Å². The average Bonchev–Trinajstić information content (AvgIpc) is 2.56. The lowest BCUT2D eigenvalue weighted by molar-refractivity contribution is -0.885. The first-order valence-electron chi connectivity index (χ1n) is 10.9. The minimum absolute atomic E-state index is 0.0674. The fraction of sp³-hybridized carbons (Fsp3) is 0.955. The molecule has 1 atom stereocenters. The van der Waals surface area contributed by atoms with Gasteiger partial charge in [0, 0.05) is 0 Å². The van der Waals surface area contributed by atoms with Crippen molar-refractivity contribution in [3.8, 4) is 0 Å². The summed E-state index contributed by atoms with van der Waals surface area (Å²) in [6, 6.07) is -0.0911. The maximum Gasteiger partial charge on any atom is 0.364 e. The second kappa shape index (κ2) is 15.7. The molecular weight excluding hydrogens is 310 g/mol. The molecule has 0 spiro atoms. The van der Waals surface area contributed by atoms with Crippen molar-refractivity contribution >= 4 is 5.97 Å². The van der Waals surface area contributed by atoms with Crippen molar-refractivity contribution in [1.29, 1.82) is 0 Å². The normalized spacial score (nSPS) is 13.0. The van der Waals surface area contributed by atoms with Crippen molar-refractivity contribution in [2.75, 3.05) is 27.7 Å². The fourth-order valence-electron chi connectivity index (χ4n) is 2.91. The molecule has 0 amide bonds. The Morgan fingerprint density at radius 3 is 1.44 bits per heavy atom. The maximum absolute atomic E-state index is 11.9. The van der Waals surface area contributed by atoms with Crippen LogP contribution in [0.15, 0.2) is 0 Å². The van der Waals surface area contributed by atoms with Crippen molar-refractivity contribution in [3.05, 3.63) is 0 Å². The number of nitrogens with zero attached hydrogens (tertiary/aromatic N) is 1. The van der Waals surface area contributed by atoms with Crippen LogP contribution in [0, 0.1) is 0 Å². The van der Waals surface area contributed by atoms with Gasteiger partial charge in [-0.05, 0) is 13.3 Å². The van der Waals surface area contributed by atoms with Gasteiger partial charge in [0.25, 0.3) is 0 Å². The van der Waals surface area contributed by atoms with Gasteiger partial charge < -0.3 is 9.22 Å². The number of hydrogen-bond donors (Lipinski definition) is 0. The standard InChI is InChI=1S/C22H46NO2/c1-6-7-8-9-10-11-12-13-14-15-16-17-18-19-20-25-22(24)21(2)23(3,4)5/h21H,6-20H2,1-5H3/q+1. The van der Waals surface area contributed by atoms with E-state index >= 15 is 0 Å². The molecule has 0 radical (unpaired) electrons. The zero-order valence-corrected chi connectivity index (χ0v) is 17.9. The number of carbonyl (C=O) groups is 1. The van der Waals surface area contributed by atoms with Crippen LogP contribution in [0.1, 0.15) is 104 Å². The molecule has 0 saturated carbocycles. The van der Waals surface area contributed by atoms with Crippen LogP contribution in [-0.2, 0) is 9.53 Å². The molecule has 25 heavy (non-hydrogen) atoms. The molecule has 0 saturated heterocycles. The summed E-state index contributed by atoms with van der Waals surface area (Å²) in [5, 5.41) is 0. The third-order valence-electron chi connectivity index (χ3n) is 5.25. The minimum atomic E-state index is -0.0911. The summed E-state index contributed by atoms with van der Waals surface area (Å²) < 4.78 is 6.01. The Labute approximate surface area is 158 Å². The predicted molar refractivity (Wildman–Crippen MR) is 109 cm³/mol. The molecule has 0 N–H and O–H groups in total. The molecule has 0 aromatic rings. The van der Waals surface area contributed by atoms with Crippen molar-refractivity contribution in [1.82, 2.24) is 0 Å². The highest BCUT2D eigenvalue weighted by Gasteiger charge is 2.27. The molecule has 0 heterocycles. The van der Waals surface area contributed by atoms with Crippen molar-refractivity contribution in [2.45, 2.75) is 110 Å². The highest BCUT2D eigenvalue weighted by Crippen LogP contribution is 2.13. The SMILES string of the molecule is CCCCCCCCCCCCCCCCOC(=O)C(C)[N+](C)(C)C. The van der Waals surface area contributed by atoms with E-state index in [4.69, 9.17) is 4.74 Å². The lowest BCUT2D eigenvalue weighted by Crippen LogP contribution is -2.48. The molecule has 0 aromatic heterocycles. The molecule has 1 unspecified atom stereocenters. The van der Waals surface area contributed by atoms with E-state index in [1.54, 1.807) is 0 Å². The summed E-state index contributed by atoms with van der Waals surface area (Å²) in [6.07, 6.45) is 18.9. The van der Waals surface area contributed by atoms with Gasteiger partial charge in [-0.1, -0.05) is 90.4 Å². The first-order chi connectivity index (χ1) is 11.9. The molecule has 0 bridgehead atoms. The summed E-state index contributed by atoms with van der Waals surface area (Å²) in [6.45, 7) is 4.80. The zero-order chi connectivity index (χ0) is 19.0. The molecular formula is C22H46NO2+. The lowest BCUT2D eigenvalue weighted by Gasteiger charge is -2.29. The number of quaternary nitrogens is 1. The van der Waals surface area contributed by atoms with Crippen LogP contribution >= 0.6 is 0 Å². The van der Waals surface area contributed by atoms with Crippen molar-refractivity contribution in [3.63, 3.8) is 0 Å². The number of esters is 1. The van der Waals surface area contributed by atoms with Gasteiger partial charge in [-0.15, -0.1) is 0 Å². The van der Waals surface area contributed by atoms with E-state index in [0.717, 1.165) is 6.42 Å². The second-order valence-electron chi connectivity index (χ2n) is 8.56. The number of unbranched alkanes of at least 4 members (excludes halogenated alkanes) is 13. The van der Waals surface area contributed by atoms with Crippen molar-refractivity contribution in [2.24, 2.45) is 0 Å². The molecule has 3 heteroatoms. The number of likely N-dealkylation sites (N-methyl/N-ethyl adjacent to an activating group) is 1.